The molecular weight excluding hydrogens is 249 g/mol. The Kier molecular flexibility index (Phi) is 3.91. The molecule has 2 aromatic rings. The third-order valence-corrected chi connectivity index (χ3v) is 2.88. The van der Waals surface area contributed by atoms with E-state index in [2.05, 4.69) is 5.32 Å². The number of nitrogens with zero attached hydrogens (tertiary/aromatic N) is 2. The molecule has 6 heteroatoms. The van der Waals surface area contributed by atoms with Crippen molar-refractivity contribution in [1.29, 1.82) is 0 Å². The van der Waals surface area contributed by atoms with Crippen molar-refractivity contribution in [1.82, 2.24) is 9.88 Å². The number of nitro groups is 1. The van der Waals surface area contributed by atoms with E-state index in [4.69, 9.17) is 0 Å². The lowest BCUT2D eigenvalue weighted by Crippen LogP contribution is -2.12. The predicted octanol–water partition coefficient (Wildman–Crippen LogP) is 2.30. The van der Waals surface area contributed by atoms with Crippen LogP contribution in [0.25, 0.3) is 0 Å². The number of hydrogen-bond donors (Lipinski definition) is 1. The van der Waals surface area contributed by atoms with Crippen molar-refractivity contribution in [2.75, 3.05) is 7.05 Å². The van der Waals surface area contributed by atoms with Gasteiger partial charge in [0.25, 0.3) is 0 Å². The molecule has 0 aliphatic rings. The topological polar surface area (TPSA) is 60.1 Å². The van der Waals surface area contributed by atoms with E-state index in [0.29, 0.717) is 12.1 Å². The summed E-state index contributed by atoms with van der Waals surface area (Å²) in [6.45, 7) is 0.932. The fraction of sp³-hybridized carbons (Fsp3) is 0.231. The van der Waals surface area contributed by atoms with E-state index in [-0.39, 0.29) is 6.54 Å². The molecule has 0 amide bonds. The highest BCUT2D eigenvalue weighted by Crippen LogP contribution is 2.21. The van der Waals surface area contributed by atoms with Gasteiger partial charge in [0.05, 0.1) is 11.5 Å². The Labute approximate surface area is 109 Å². The van der Waals surface area contributed by atoms with Gasteiger partial charge in [-0.2, -0.15) is 4.39 Å². The predicted molar refractivity (Wildman–Crippen MR) is 69.4 cm³/mol. The SMILES string of the molecule is CNCc1cccn1Cc1cccc([N+](=O)[O-])c1F. The molecule has 1 aromatic carbocycles. The zero-order valence-electron chi connectivity index (χ0n) is 10.5. The second kappa shape index (κ2) is 5.62. The van der Waals surface area contributed by atoms with Gasteiger partial charge in [0, 0.05) is 30.1 Å². The van der Waals surface area contributed by atoms with E-state index in [1.165, 1.54) is 12.1 Å². The highest BCUT2D eigenvalue weighted by Gasteiger charge is 2.17. The number of nitrogens with one attached hydrogen (secondary N) is 1. The van der Waals surface area contributed by atoms with Crippen molar-refractivity contribution < 1.29 is 9.31 Å². The van der Waals surface area contributed by atoms with Gasteiger partial charge in [-0.25, -0.2) is 0 Å². The molecule has 2 rings (SSSR count). The second-order valence-corrected chi connectivity index (χ2v) is 4.17. The number of halogens is 1. The molecule has 1 heterocycles. The lowest BCUT2D eigenvalue weighted by Gasteiger charge is -2.09. The summed E-state index contributed by atoms with van der Waals surface area (Å²) in [5.74, 6) is -0.767. The molecule has 0 unspecified atom stereocenters. The lowest BCUT2D eigenvalue weighted by molar-refractivity contribution is -0.387. The first-order valence-electron chi connectivity index (χ1n) is 5.84. The van der Waals surface area contributed by atoms with E-state index in [1.54, 1.807) is 6.07 Å². The molecule has 100 valence electrons. The van der Waals surface area contributed by atoms with Crippen LogP contribution in [0.15, 0.2) is 36.5 Å². The number of hydrogen-bond acceptors (Lipinski definition) is 3. The third kappa shape index (κ3) is 2.79. The first-order chi connectivity index (χ1) is 9.13. The van der Waals surface area contributed by atoms with Crippen molar-refractivity contribution >= 4 is 5.69 Å². The first-order valence-corrected chi connectivity index (χ1v) is 5.84. The molecular formula is C13H14FN3O2. The molecule has 0 bridgehead atoms. The summed E-state index contributed by atoms with van der Waals surface area (Å²) < 4.78 is 15.8. The van der Waals surface area contributed by atoms with Crippen LogP contribution in [-0.4, -0.2) is 16.5 Å². The van der Waals surface area contributed by atoms with Crippen LogP contribution < -0.4 is 5.32 Å². The third-order valence-electron chi connectivity index (χ3n) is 2.88. The van der Waals surface area contributed by atoms with Crippen molar-refractivity contribution in [2.45, 2.75) is 13.1 Å². The normalized spacial score (nSPS) is 10.6. The number of benzene rings is 1. The summed E-state index contributed by atoms with van der Waals surface area (Å²) in [4.78, 5) is 9.99. The van der Waals surface area contributed by atoms with Gasteiger partial charge in [0.2, 0.25) is 5.82 Å². The molecule has 0 radical (unpaired) electrons. The van der Waals surface area contributed by atoms with Crippen LogP contribution in [0.1, 0.15) is 11.3 Å². The van der Waals surface area contributed by atoms with Crippen molar-refractivity contribution in [3.63, 3.8) is 0 Å². The van der Waals surface area contributed by atoms with E-state index in [0.717, 1.165) is 5.69 Å². The summed E-state index contributed by atoms with van der Waals surface area (Å²) >= 11 is 0. The largest absolute Gasteiger partial charge is 0.346 e. The highest BCUT2D eigenvalue weighted by atomic mass is 19.1. The molecule has 5 nitrogen and oxygen atoms in total. The van der Waals surface area contributed by atoms with Crippen LogP contribution in [-0.2, 0) is 13.1 Å². The van der Waals surface area contributed by atoms with E-state index in [9.17, 15) is 14.5 Å². The van der Waals surface area contributed by atoms with Crippen LogP contribution >= 0.6 is 0 Å². The maximum Gasteiger partial charge on any atom is 0.305 e. The maximum absolute atomic E-state index is 14.0. The summed E-state index contributed by atoms with van der Waals surface area (Å²) in [6, 6.07) is 8.01. The van der Waals surface area contributed by atoms with Gasteiger partial charge >= 0.3 is 5.69 Å². The zero-order chi connectivity index (χ0) is 13.8. The summed E-state index contributed by atoms with van der Waals surface area (Å²) in [6.07, 6.45) is 1.82. The highest BCUT2D eigenvalue weighted by molar-refractivity contribution is 5.37. The minimum Gasteiger partial charge on any atom is -0.346 e. The van der Waals surface area contributed by atoms with Gasteiger partial charge in [-0.05, 0) is 19.2 Å². The smallest absolute Gasteiger partial charge is 0.305 e. The minimum absolute atomic E-state index is 0.275. The average Bonchev–Trinajstić information content (AvgIpc) is 2.79. The lowest BCUT2D eigenvalue weighted by atomic mass is 10.2. The number of aromatic nitrogens is 1. The van der Waals surface area contributed by atoms with Crippen molar-refractivity contribution in [3.8, 4) is 0 Å². The Balaban J connectivity index is 2.31. The van der Waals surface area contributed by atoms with E-state index in [1.807, 2.05) is 29.9 Å². The molecule has 0 saturated carbocycles. The molecule has 0 aliphatic carbocycles. The van der Waals surface area contributed by atoms with Crippen molar-refractivity contribution in [2.24, 2.45) is 0 Å². The number of nitro benzene ring substituents is 1. The molecule has 0 saturated heterocycles. The van der Waals surface area contributed by atoms with Crippen LogP contribution in [0, 0.1) is 15.9 Å². The average molecular weight is 263 g/mol. The Morgan fingerprint density at radius 2 is 2.16 bits per heavy atom. The van der Waals surface area contributed by atoms with E-state index >= 15 is 0 Å². The first kappa shape index (κ1) is 13.2. The van der Waals surface area contributed by atoms with Gasteiger partial charge in [0.15, 0.2) is 0 Å². The van der Waals surface area contributed by atoms with Crippen LogP contribution in [0.3, 0.4) is 0 Å². The van der Waals surface area contributed by atoms with Crippen molar-refractivity contribution in [3.05, 3.63) is 63.7 Å². The molecule has 1 aromatic heterocycles. The van der Waals surface area contributed by atoms with Gasteiger partial charge in [-0.1, -0.05) is 12.1 Å². The van der Waals surface area contributed by atoms with Gasteiger partial charge < -0.3 is 9.88 Å². The molecule has 19 heavy (non-hydrogen) atoms. The molecule has 0 spiro atoms. The fourth-order valence-electron chi connectivity index (χ4n) is 1.96. The summed E-state index contributed by atoms with van der Waals surface area (Å²) in [5.41, 5.74) is 0.816. The molecule has 0 aliphatic heterocycles. The minimum atomic E-state index is -0.767. The quantitative estimate of drug-likeness (QED) is 0.665. The summed E-state index contributed by atoms with van der Waals surface area (Å²) in [7, 11) is 1.82. The van der Waals surface area contributed by atoms with Gasteiger partial charge in [-0.3, -0.25) is 10.1 Å². The van der Waals surface area contributed by atoms with Crippen LogP contribution in [0.5, 0.6) is 0 Å². The molecule has 0 atom stereocenters. The zero-order valence-corrected chi connectivity index (χ0v) is 10.5. The standard InChI is InChI=1S/C13H14FN3O2/c1-15-8-11-5-3-7-16(11)9-10-4-2-6-12(13(10)14)17(18)19/h2-7,15H,8-9H2,1H3. The molecule has 1 N–H and O–H groups in total. The maximum atomic E-state index is 14.0. The van der Waals surface area contributed by atoms with E-state index < -0.39 is 16.4 Å². The van der Waals surface area contributed by atoms with Crippen LogP contribution in [0.4, 0.5) is 10.1 Å². The van der Waals surface area contributed by atoms with Crippen LogP contribution in [0.2, 0.25) is 0 Å². The number of rotatable bonds is 5. The molecule has 0 fully saturated rings. The fourth-order valence-corrected chi connectivity index (χ4v) is 1.96. The Hall–Kier alpha value is -2.21. The van der Waals surface area contributed by atoms with Gasteiger partial charge in [-0.15, -0.1) is 0 Å². The summed E-state index contributed by atoms with van der Waals surface area (Å²) in [5, 5.41) is 13.7. The Morgan fingerprint density at radius 3 is 2.84 bits per heavy atom. The van der Waals surface area contributed by atoms with Gasteiger partial charge in [0.1, 0.15) is 0 Å². The Bertz CT molecular complexity index is 595. The second-order valence-electron chi connectivity index (χ2n) is 4.17. The monoisotopic (exact) mass is 263 g/mol. The Morgan fingerprint density at radius 1 is 1.37 bits per heavy atom.